The molecule has 0 fully saturated rings. The molecule has 2 heterocycles. The Morgan fingerprint density at radius 2 is 1.66 bits per heavy atom. The summed E-state index contributed by atoms with van der Waals surface area (Å²) in [7, 11) is 3.19. The second-order valence-electron chi connectivity index (χ2n) is 9.34. The van der Waals surface area contributed by atoms with Crippen LogP contribution in [0.15, 0.2) is 84.9 Å². The van der Waals surface area contributed by atoms with Gasteiger partial charge in [-0.15, -0.1) is 0 Å². The minimum Gasteiger partial charge on any atom is -0.497 e. The fourth-order valence-corrected chi connectivity index (χ4v) is 5.07. The Hall–Kier alpha value is -4.05. The van der Waals surface area contributed by atoms with E-state index < -0.39 is 5.54 Å². The lowest BCUT2D eigenvalue weighted by Gasteiger charge is -2.31. The molecule has 5 rings (SSSR count). The quantitative estimate of drug-likeness (QED) is 0.186. The lowest BCUT2D eigenvalue weighted by molar-refractivity contribution is -0.135. The van der Waals surface area contributed by atoms with Crippen molar-refractivity contribution in [2.24, 2.45) is 0 Å². The zero-order chi connectivity index (χ0) is 26.4. The molecule has 0 spiro atoms. The summed E-state index contributed by atoms with van der Waals surface area (Å²) in [6, 6.07) is 27.9. The normalized spacial score (nSPS) is 16.4. The second-order valence-corrected chi connectivity index (χ2v) is 9.34. The number of nitrogens with zero attached hydrogens (tertiary/aromatic N) is 2. The van der Waals surface area contributed by atoms with Crippen LogP contribution in [-0.4, -0.2) is 36.5 Å². The van der Waals surface area contributed by atoms with Gasteiger partial charge in [0.1, 0.15) is 5.75 Å². The molecule has 0 saturated carbocycles. The van der Waals surface area contributed by atoms with Crippen LogP contribution in [0, 0.1) is 11.8 Å². The number of hydrogen-bond acceptors (Lipinski definition) is 4. The average Bonchev–Trinajstić information content (AvgIpc) is 3.45. The van der Waals surface area contributed by atoms with Gasteiger partial charge in [-0.2, -0.15) is 5.06 Å². The lowest BCUT2D eigenvalue weighted by Crippen LogP contribution is -2.42. The predicted octanol–water partition coefficient (Wildman–Crippen LogP) is 6.32. The summed E-state index contributed by atoms with van der Waals surface area (Å²) in [5.41, 5.74) is 3.12. The molecular formula is C32H32N2O4. The zero-order valence-corrected chi connectivity index (χ0v) is 21.9. The van der Waals surface area contributed by atoms with Crippen LogP contribution in [0.5, 0.6) is 5.75 Å². The molecule has 0 aliphatic carbocycles. The summed E-state index contributed by atoms with van der Waals surface area (Å²) >= 11 is 0. The summed E-state index contributed by atoms with van der Waals surface area (Å²) < 4.78 is 12.9. The first-order valence-electron chi connectivity index (χ1n) is 12.9. The maximum Gasteiger partial charge on any atom is 0.354 e. The van der Waals surface area contributed by atoms with Crippen molar-refractivity contribution in [3.63, 3.8) is 0 Å². The highest BCUT2D eigenvalue weighted by Crippen LogP contribution is 2.42. The summed E-state index contributed by atoms with van der Waals surface area (Å²) in [5.74, 6) is 7.67. The van der Waals surface area contributed by atoms with Crippen molar-refractivity contribution in [1.82, 2.24) is 9.63 Å². The first-order valence-corrected chi connectivity index (χ1v) is 12.9. The van der Waals surface area contributed by atoms with Crippen molar-refractivity contribution in [3.05, 3.63) is 102 Å². The summed E-state index contributed by atoms with van der Waals surface area (Å²) in [6.07, 6.45) is 2.83. The van der Waals surface area contributed by atoms with Gasteiger partial charge in [0, 0.05) is 18.4 Å². The van der Waals surface area contributed by atoms with Crippen molar-refractivity contribution >= 4 is 16.9 Å². The van der Waals surface area contributed by atoms with Crippen LogP contribution in [0.2, 0.25) is 0 Å². The van der Waals surface area contributed by atoms with Crippen molar-refractivity contribution < 1.29 is 19.1 Å². The Labute approximate surface area is 223 Å². The van der Waals surface area contributed by atoms with E-state index in [2.05, 4.69) is 30.0 Å². The number of hydrogen-bond donors (Lipinski definition) is 0. The van der Waals surface area contributed by atoms with Gasteiger partial charge in [-0.25, -0.2) is 4.79 Å². The van der Waals surface area contributed by atoms with E-state index in [1.807, 2.05) is 66.7 Å². The van der Waals surface area contributed by atoms with Crippen LogP contribution in [0.4, 0.5) is 4.79 Å². The van der Waals surface area contributed by atoms with E-state index in [9.17, 15) is 4.79 Å². The van der Waals surface area contributed by atoms with Crippen LogP contribution in [0.1, 0.15) is 36.1 Å². The molecule has 0 saturated heterocycles. The van der Waals surface area contributed by atoms with Crippen molar-refractivity contribution in [1.29, 1.82) is 0 Å². The highest BCUT2D eigenvalue weighted by Gasteiger charge is 2.51. The predicted molar refractivity (Wildman–Crippen MR) is 148 cm³/mol. The Kier molecular flexibility index (Phi) is 7.78. The first kappa shape index (κ1) is 25.6. The number of aromatic nitrogens is 1. The molecule has 0 N–H and O–H groups in total. The van der Waals surface area contributed by atoms with Crippen LogP contribution < -0.4 is 4.74 Å². The topological polar surface area (TPSA) is 52.9 Å². The lowest BCUT2D eigenvalue weighted by atomic mass is 9.90. The third-order valence-corrected chi connectivity index (χ3v) is 6.96. The van der Waals surface area contributed by atoms with Gasteiger partial charge >= 0.3 is 6.03 Å². The molecule has 1 unspecified atom stereocenters. The van der Waals surface area contributed by atoms with Gasteiger partial charge in [-0.05, 0) is 54.7 Å². The number of fused-ring (bicyclic) bond motifs is 3. The number of methoxy groups -OCH3 is 1. The molecule has 4 aromatic rings. The number of ether oxygens (including phenoxy) is 2. The number of amides is 1. The largest absolute Gasteiger partial charge is 0.497 e. The number of benzene rings is 3. The third kappa shape index (κ3) is 5.04. The molecule has 1 atom stereocenters. The van der Waals surface area contributed by atoms with Crippen molar-refractivity contribution in [2.45, 2.75) is 37.8 Å². The number of carbonyl (C=O) groups excluding carboxylic acids is 1. The summed E-state index contributed by atoms with van der Waals surface area (Å²) in [4.78, 5) is 19.3. The number of rotatable bonds is 10. The van der Waals surface area contributed by atoms with Gasteiger partial charge in [-0.1, -0.05) is 72.5 Å². The molecular weight excluding hydrogens is 476 g/mol. The molecule has 0 radical (unpaired) electrons. The number of para-hydroxylation sites is 1. The molecule has 38 heavy (non-hydrogen) atoms. The zero-order valence-electron chi connectivity index (χ0n) is 21.9. The molecule has 194 valence electrons. The maximum absolute atomic E-state index is 13.6. The molecule has 3 aromatic carbocycles. The fourth-order valence-electron chi connectivity index (χ4n) is 5.07. The van der Waals surface area contributed by atoms with E-state index >= 15 is 0 Å². The van der Waals surface area contributed by atoms with E-state index in [-0.39, 0.29) is 6.03 Å². The third-order valence-electron chi connectivity index (χ3n) is 6.96. The van der Waals surface area contributed by atoms with E-state index in [0.717, 1.165) is 34.3 Å². The van der Waals surface area contributed by atoms with Crippen molar-refractivity contribution in [3.8, 4) is 17.6 Å². The van der Waals surface area contributed by atoms with Gasteiger partial charge in [0.05, 0.1) is 32.0 Å². The molecule has 6 heteroatoms. The van der Waals surface area contributed by atoms with E-state index in [0.29, 0.717) is 32.5 Å². The Morgan fingerprint density at radius 1 is 0.895 bits per heavy atom. The van der Waals surface area contributed by atoms with Crippen LogP contribution in [-0.2, 0) is 28.1 Å². The molecule has 6 nitrogen and oxygen atoms in total. The molecule has 1 aliphatic heterocycles. The summed E-state index contributed by atoms with van der Waals surface area (Å²) in [6.45, 7) is 1.04. The molecule has 1 aliphatic rings. The molecule has 0 bridgehead atoms. The van der Waals surface area contributed by atoms with Gasteiger partial charge < -0.3 is 9.47 Å². The number of aryl methyl sites for hydroxylation is 1. The smallest absolute Gasteiger partial charge is 0.354 e. The van der Waals surface area contributed by atoms with Crippen LogP contribution in [0.3, 0.4) is 0 Å². The molecule has 1 amide bonds. The van der Waals surface area contributed by atoms with E-state index in [1.54, 1.807) is 11.7 Å². The Balaban J connectivity index is 1.37. The Bertz CT molecular complexity index is 1450. The first-order chi connectivity index (χ1) is 18.7. The SMILES string of the molecule is COc1ccc(COCCCC2(C#CCCc3ccccc3)c3cc4ccccc4n3C(=O)N2OC)cc1. The monoisotopic (exact) mass is 508 g/mol. The van der Waals surface area contributed by atoms with Crippen molar-refractivity contribution in [2.75, 3.05) is 20.8 Å². The Morgan fingerprint density at radius 3 is 2.42 bits per heavy atom. The molecule has 1 aromatic heterocycles. The van der Waals surface area contributed by atoms with Gasteiger partial charge in [-0.3, -0.25) is 9.40 Å². The fraction of sp³-hybridized carbons (Fsp3) is 0.281. The highest BCUT2D eigenvalue weighted by atomic mass is 16.7. The number of carbonyl (C=O) groups is 1. The highest BCUT2D eigenvalue weighted by molar-refractivity contribution is 5.96. The van der Waals surface area contributed by atoms with E-state index in [4.69, 9.17) is 14.3 Å². The van der Waals surface area contributed by atoms with E-state index in [1.165, 1.54) is 17.7 Å². The van der Waals surface area contributed by atoms with Gasteiger partial charge in [0.2, 0.25) is 0 Å². The van der Waals surface area contributed by atoms with Gasteiger partial charge in [0.15, 0.2) is 5.54 Å². The van der Waals surface area contributed by atoms with Gasteiger partial charge in [0.25, 0.3) is 0 Å². The van der Waals surface area contributed by atoms with Crippen LogP contribution in [0.25, 0.3) is 10.9 Å². The number of hydroxylamine groups is 2. The minimum absolute atomic E-state index is 0.222. The summed E-state index contributed by atoms with van der Waals surface area (Å²) in [5, 5.41) is 2.45. The maximum atomic E-state index is 13.6. The van der Waals surface area contributed by atoms with Crippen LogP contribution >= 0.6 is 0 Å². The minimum atomic E-state index is -0.898. The average molecular weight is 509 g/mol. The second kappa shape index (κ2) is 11.6. The standard InChI is InChI=1S/C32H32N2O4/c1-36-28-18-16-26(17-19-28)24-38-22-10-21-32(20-9-8-13-25-11-4-3-5-12-25)30-23-27-14-6-7-15-29(27)33(30)31(35)34(32)37-2/h3-7,11-12,14-19,23H,8,10,13,21-22,24H2,1-2H3.